The Kier molecular flexibility index (Phi) is 4.61. The van der Waals surface area contributed by atoms with Gasteiger partial charge in [-0.05, 0) is 56.0 Å². The fourth-order valence-electron chi connectivity index (χ4n) is 3.28. The summed E-state index contributed by atoms with van der Waals surface area (Å²) in [6.07, 6.45) is 5.45. The molecule has 1 fully saturated rings. The van der Waals surface area contributed by atoms with E-state index in [4.69, 9.17) is 5.26 Å². The molecule has 0 aromatic heterocycles. The predicted molar refractivity (Wildman–Crippen MR) is 78.8 cm³/mol. The van der Waals surface area contributed by atoms with Crippen molar-refractivity contribution >= 4 is 0 Å². The summed E-state index contributed by atoms with van der Waals surface area (Å²) in [7, 11) is 2.24. The lowest BCUT2D eigenvalue weighted by atomic mass is 9.85. The molecule has 1 aromatic rings. The molecule has 1 aliphatic carbocycles. The Hall–Kier alpha value is -1.33. The topological polar surface area (TPSA) is 27.0 Å². The molecule has 0 amide bonds. The minimum absolute atomic E-state index is 0.712. The third kappa shape index (κ3) is 3.36. The van der Waals surface area contributed by atoms with E-state index in [0.29, 0.717) is 6.04 Å². The second-order valence-electron chi connectivity index (χ2n) is 6.00. The number of benzene rings is 1. The molecule has 2 heteroatoms. The van der Waals surface area contributed by atoms with E-state index in [0.717, 1.165) is 18.0 Å². The van der Waals surface area contributed by atoms with E-state index in [-0.39, 0.29) is 0 Å². The fourth-order valence-corrected chi connectivity index (χ4v) is 3.28. The molecule has 102 valence electrons. The van der Waals surface area contributed by atoms with Crippen LogP contribution in [0.25, 0.3) is 0 Å². The van der Waals surface area contributed by atoms with E-state index in [1.165, 1.54) is 36.8 Å². The van der Waals surface area contributed by atoms with Crippen LogP contribution in [0.3, 0.4) is 0 Å². The van der Waals surface area contributed by atoms with Crippen molar-refractivity contribution in [1.29, 1.82) is 5.26 Å². The molecular weight excluding hydrogens is 232 g/mol. The largest absolute Gasteiger partial charge is 0.299 e. The van der Waals surface area contributed by atoms with Crippen molar-refractivity contribution in [3.05, 3.63) is 34.9 Å². The van der Waals surface area contributed by atoms with E-state index in [1.54, 1.807) is 0 Å². The molecule has 19 heavy (non-hydrogen) atoms. The molecule has 1 aromatic carbocycles. The van der Waals surface area contributed by atoms with Crippen LogP contribution in [0.15, 0.2) is 18.2 Å². The van der Waals surface area contributed by atoms with Gasteiger partial charge in [-0.15, -0.1) is 0 Å². The maximum atomic E-state index is 8.91. The summed E-state index contributed by atoms with van der Waals surface area (Å²) in [5.41, 5.74) is 3.34. The lowest BCUT2D eigenvalue weighted by Gasteiger charge is -2.36. The molecule has 2 unspecified atom stereocenters. The molecule has 1 saturated carbocycles. The van der Waals surface area contributed by atoms with Crippen LogP contribution in [0.5, 0.6) is 0 Å². The summed E-state index contributed by atoms with van der Waals surface area (Å²) in [6, 6.07) is 8.95. The molecule has 2 atom stereocenters. The Labute approximate surface area is 117 Å². The van der Waals surface area contributed by atoms with Gasteiger partial charge in [-0.3, -0.25) is 4.90 Å². The molecule has 2 rings (SSSR count). The highest BCUT2D eigenvalue weighted by Gasteiger charge is 2.24. The molecule has 0 aliphatic heterocycles. The van der Waals surface area contributed by atoms with Gasteiger partial charge in [0, 0.05) is 12.6 Å². The fraction of sp³-hybridized carbons (Fsp3) is 0.588. The van der Waals surface area contributed by atoms with E-state index >= 15 is 0 Å². The van der Waals surface area contributed by atoms with Gasteiger partial charge in [0.25, 0.3) is 0 Å². The monoisotopic (exact) mass is 256 g/mol. The summed E-state index contributed by atoms with van der Waals surface area (Å²) >= 11 is 0. The van der Waals surface area contributed by atoms with Crippen molar-refractivity contribution in [2.45, 2.75) is 52.1 Å². The van der Waals surface area contributed by atoms with Gasteiger partial charge in [0.05, 0.1) is 11.6 Å². The van der Waals surface area contributed by atoms with Gasteiger partial charge >= 0.3 is 0 Å². The molecule has 2 nitrogen and oxygen atoms in total. The zero-order chi connectivity index (χ0) is 13.8. The number of nitrogens with zero attached hydrogens (tertiary/aromatic N) is 2. The van der Waals surface area contributed by atoms with Crippen LogP contribution < -0.4 is 0 Å². The predicted octanol–water partition coefficient (Wildman–Crippen LogP) is 3.88. The van der Waals surface area contributed by atoms with Gasteiger partial charge in [0.1, 0.15) is 0 Å². The molecule has 0 radical (unpaired) electrons. The average Bonchev–Trinajstić information content (AvgIpc) is 2.41. The van der Waals surface area contributed by atoms with Crippen molar-refractivity contribution in [1.82, 2.24) is 4.90 Å². The van der Waals surface area contributed by atoms with Gasteiger partial charge in [0.15, 0.2) is 0 Å². The molecule has 0 spiro atoms. The lowest BCUT2D eigenvalue weighted by Crippen LogP contribution is -2.38. The summed E-state index contributed by atoms with van der Waals surface area (Å²) in [5.74, 6) is 0.803. The summed E-state index contributed by atoms with van der Waals surface area (Å²) in [4.78, 5) is 2.50. The van der Waals surface area contributed by atoms with Crippen LogP contribution in [-0.4, -0.2) is 18.0 Å². The van der Waals surface area contributed by atoms with Crippen LogP contribution in [-0.2, 0) is 6.54 Å². The SMILES string of the molecule is Cc1cc(C#N)ccc1CN(C)C1CCCCC1C. The van der Waals surface area contributed by atoms with Crippen molar-refractivity contribution in [3.8, 4) is 6.07 Å². The smallest absolute Gasteiger partial charge is 0.0991 e. The number of rotatable bonds is 3. The lowest BCUT2D eigenvalue weighted by molar-refractivity contribution is 0.133. The Balaban J connectivity index is 2.06. The minimum atomic E-state index is 0.712. The van der Waals surface area contributed by atoms with E-state index in [9.17, 15) is 0 Å². The minimum Gasteiger partial charge on any atom is -0.299 e. The maximum Gasteiger partial charge on any atom is 0.0991 e. The number of nitriles is 1. The molecule has 0 heterocycles. The third-order valence-corrected chi connectivity index (χ3v) is 4.52. The van der Waals surface area contributed by atoms with E-state index < -0.39 is 0 Å². The average molecular weight is 256 g/mol. The van der Waals surface area contributed by atoms with Crippen LogP contribution >= 0.6 is 0 Å². The highest BCUT2D eigenvalue weighted by atomic mass is 15.1. The second kappa shape index (κ2) is 6.21. The zero-order valence-corrected chi connectivity index (χ0v) is 12.3. The Morgan fingerprint density at radius 2 is 2.05 bits per heavy atom. The number of aryl methyl sites for hydroxylation is 1. The van der Waals surface area contributed by atoms with Gasteiger partial charge in [-0.2, -0.15) is 5.26 Å². The van der Waals surface area contributed by atoms with Crippen molar-refractivity contribution in [3.63, 3.8) is 0 Å². The van der Waals surface area contributed by atoms with E-state index in [2.05, 4.69) is 37.9 Å². The van der Waals surface area contributed by atoms with Gasteiger partial charge in [0.2, 0.25) is 0 Å². The summed E-state index contributed by atoms with van der Waals surface area (Å²) in [5, 5.41) is 8.91. The summed E-state index contributed by atoms with van der Waals surface area (Å²) in [6.45, 7) is 5.48. The first-order valence-corrected chi connectivity index (χ1v) is 7.31. The van der Waals surface area contributed by atoms with Crippen LogP contribution in [0.2, 0.25) is 0 Å². The van der Waals surface area contributed by atoms with Crippen LogP contribution in [0.4, 0.5) is 0 Å². The van der Waals surface area contributed by atoms with Crippen molar-refractivity contribution in [2.75, 3.05) is 7.05 Å². The number of hydrogen-bond acceptors (Lipinski definition) is 2. The molecule has 1 aliphatic rings. The van der Waals surface area contributed by atoms with Gasteiger partial charge in [-0.25, -0.2) is 0 Å². The van der Waals surface area contributed by atoms with Crippen molar-refractivity contribution in [2.24, 2.45) is 5.92 Å². The molecular formula is C17H24N2. The Morgan fingerprint density at radius 3 is 2.68 bits per heavy atom. The standard InChI is InChI=1S/C17H24N2/c1-13-6-4-5-7-17(13)19(3)12-16-9-8-15(11-18)10-14(16)2/h8-10,13,17H,4-7,12H2,1-3H3. The first-order valence-electron chi connectivity index (χ1n) is 7.31. The normalized spacial score (nSPS) is 23.3. The first-order chi connectivity index (χ1) is 9.11. The maximum absolute atomic E-state index is 8.91. The quantitative estimate of drug-likeness (QED) is 0.820. The van der Waals surface area contributed by atoms with Crippen LogP contribution in [0, 0.1) is 24.2 Å². The summed E-state index contributed by atoms with van der Waals surface area (Å²) < 4.78 is 0. The molecule has 0 saturated heterocycles. The highest BCUT2D eigenvalue weighted by Crippen LogP contribution is 2.28. The van der Waals surface area contributed by atoms with E-state index in [1.807, 2.05) is 12.1 Å². The Bertz CT molecular complexity index is 473. The molecule has 0 N–H and O–H groups in total. The zero-order valence-electron chi connectivity index (χ0n) is 12.3. The first kappa shape index (κ1) is 14.1. The Morgan fingerprint density at radius 1 is 1.32 bits per heavy atom. The number of hydrogen-bond donors (Lipinski definition) is 0. The third-order valence-electron chi connectivity index (χ3n) is 4.52. The second-order valence-corrected chi connectivity index (χ2v) is 6.00. The highest BCUT2D eigenvalue weighted by molar-refractivity contribution is 5.37. The van der Waals surface area contributed by atoms with Gasteiger partial charge in [-0.1, -0.05) is 25.8 Å². The van der Waals surface area contributed by atoms with Gasteiger partial charge < -0.3 is 0 Å². The molecule has 0 bridgehead atoms. The van der Waals surface area contributed by atoms with Crippen LogP contribution in [0.1, 0.15) is 49.3 Å². The van der Waals surface area contributed by atoms with Crippen molar-refractivity contribution < 1.29 is 0 Å².